The van der Waals surface area contributed by atoms with E-state index >= 15 is 0 Å². The van der Waals surface area contributed by atoms with E-state index in [4.69, 9.17) is 4.42 Å². The lowest BCUT2D eigenvalue weighted by molar-refractivity contribution is -0.115. The Kier molecular flexibility index (Phi) is 4.39. The summed E-state index contributed by atoms with van der Waals surface area (Å²) in [6.45, 7) is 3.79. The average molecular weight is 334 g/mol. The molecule has 0 aliphatic carbocycles. The van der Waals surface area contributed by atoms with Gasteiger partial charge in [0.25, 0.3) is 5.22 Å². The van der Waals surface area contributed by atoms with Gasteiger partial charge in [-0.3, -0.25) is 10.1 Å². The van der Waals surface area contributed by atoms with Crippen molar-refractivity contribution in [2.75, 3.05) is 5.32 Å². The number of thioether (sulfide) groups is 1. The molecular formula is C14H14N4O2S2. The Hall–Kier alpha value is -1.93. The molecule has 0 spiro atoms. The van der Waals surface area contributed by atoms with Crippen LogP contribution in [-0.2, 0) is 4.79 Å². The minimum atomic E-state index is -0.294. The number of benzene rings is 1. The van der Waals surface area contributed by atoms with Crippen LogP contribution in [0.15, 0.2) is 33.9 Å². The van der Waals surface area contributed by atoms with Crippen molar-refractivity contribution in [2.45, 2.75) is 30.7 Å². The molecule has 0 saturated heterocycles. The maximum Gasteiger partial charge on any atom is 0.257 e. The van der Waals surface area contributed by atoms with Gasteiger partial charge in [0.05, 0.1) is 5.25 Å². The van der Waals surface area contributed by atoms with Gasteiger partial charge in [-0.1, -0.05) is 42.2 Å². The number of anilines is 1. The topological polar surface area (TPSA) is 80.9 Å². The zero-order valence-electron chi connectivity index (χ0n) is 12.1. The van der Waals surface area contributed by atoms with Gasteiger partial charge in [-0.15, -0.1) is 10.2 Å². The van der Waals surface area contributed by atoms with Gasteiger partial charge in [0.1, 0.15) is 10.5 Å². The van der Waals surface area contributed by atoms with Crippen LogP contribution >= 0.6 is 23.1 Å². The van der Waals surface area contributed by atoms with Crippen LogP contribution in [0.5, 0.6) is 0 Å². The molecule has 8 heteroatoms. The molecule has 0 radical (unpaired) electrons. The van der Waals surface area contributed by atoms with Gasteiger partial charge < -0.3 is 4.42 Å². The fraction of sp³-hybridized carbons (Fsp3) is 0.286. The van der Waals surface area contributed by atoms with E-state index in [-0.39, 0.29) is 11.2 Å². The van der Waals surface area contributed by atoms with Gasteiger partial charge in [-0.2, -0.15) is 0 Å². The highest BCUT2D eigenvalue weighted by Crippen LogP contribution is 2.29. The highest BCUT2D eigenvalue weighted by atomic mass is 32.2. The molecule has 22 heavy (non-hydrogen) atoms. The zero-order valence-corrected chi connectivity index (χ0v) is 13.7. The first-order valence-electron chi connectivity index (χ1n) is 6.79. The van der Waals surface area contributed by atoms with Crippen LogP contribution in [0.2, 0.25) is 0 Å². The Bertz CT molecular complexity index is 766. The maximum atomic E-state index is 12.3. The Morgan fingerprint density at radius 2 is 2.23 bits per heavy atom. The number of hydrogen-bond donors (Lipinski definition) is 1. The van der Waals surface area contributed by atoms with Crippen LogP contribution in [0.1, 0.15) is 18.4 Å². The summed E-state index contributed by atoms with van der Waals surface area (Å²) in [5.74, 6) is -0.120. The summed E-state index contributed by atoms with van der Waals surface area (Å²) >= 11 is 2.67. The summed E-state index contributed by atoms with van der Waals surface area (Å²) in [6.07, 6.45) is 0.660. The van der Waals surface area contributed by atoms with E-state index in [1.807, 2.05) is 38.1 Å². The molecule has 0 aliphatic heterocycles. The van der Waals surface area contributed by atoms with Gasteiger partial charge in [-0.25, -0.2) is 4.98 Å². The monoisotopic (exact) mass is 334 g/mol. The first kappa shape index (κ1) is 15.0. The number of carbonyl (C=O) groups is 1. The molecule has 1 N–H and O–H groups in total. The first-order valence-corrected chi connectivity index (χ1v) is 8.48. The number of amides is 1. The highest BCUT2D eigenvalue weighted by molar-refractivity contribution is 8.00. The molecule has 1 amide bonds. The van der Waals surface area contributed by atoms with Gasteiger partial charge in [0, 0.05) is 0 Å². The normalized spacial score (nSPS) is 12.5. The third-order valence-electron chi connectivity index (χ3n) is 2.94. The van der Waals surface area contributed by atoms with Crippen molar-refractivity contribution in [3.05, 3.63) is 29.3 Å². The molecule has 114 valence electrons. The molecule has 0 bridgehead atoms. The van der Waals surface area contributed by atoms with Crippen LogP contribution in [0.3, 0.4) is 0 Å². The SMILES string of the molecule is CC[C@@H](Sc1nc2ccccc2o1)C(=O)Nc1nnc(C)s1. The van der Waals surface area contributed by atoms with E-state index in [1.54, 1.807) is 0 Å². The molecule has 0 aliphatic rings. The number of oxazole rings is 1. The Morgan fingerprint density at radius 3 is 2.91 bits per heavy atom. The summed E-state index contributed by atoms with van der Waals surface area (Å²) in [5, 5.41) is 12.1. The molecule has 0 saturated carbocycles. The Balaban J connectivity index is 1.71. The fourth-order valence-electron chi connectivity index (χ4n) is 1.88. The van der Waals surface area contributed by atoms with Crippen molar-refractivity contribution in [1.29, 1.82) is 0 Å². The third kappa shape index (κ3) is 3.28. The lowest BCUT2D eigenvalue weighted by atomic mass is 10.3. The molecule has 0 fully saturated rings. The molecule has 3 aromatic rings. The largest absolute Gasteiger partial charge is 0.431 e. The number of aromatic nitrogens is 3. The molecule has 0 unspecified atom stereocenters. The van der Waals surface area contributed by atoms with Gasteiger partial charge in [0.2, 0.25) is 11.0 Å². The second kappa shape index (κ2) is 6.45. The number of nitrogens with zero attached hydrogens (tertiary/aromatic N) is 3. The minimum absolute atomic E-state index is 0.120. The summed E-state index contributed by atoms with van der Waals surface area (Å²) in [4.78, 5) is 16.7. The van der Waals surface area contributed by atoms with E-state index in [0.29, 0.717) is 16.8 Å². The summed E-state index contributed by atoms with van der Waals surface area (Å²) in [7, 11) is 0. The van der Waals surface area contributed by atoms with E-state index < -0.39 is 0 Å². The van der Waals surface area contributed by atoms with Crippen LogP contribution in [0, 0.1) is 6.92 Å². The van der Waals surface area contributed by atoms with Crippen LogP contribution < -0.4 is 5.32 Å². The van der Waals surface area contributed by atoms with Crippen molar-refractivity contribution >= 4 is 45.2 Å². The minimum Gasteiger partial charge on any atom is -0.431 e. The van der Waals surface area contributed by atoms with E-state index in [2.05, 4.69) is 20.5 Å². The summed E-state index contributed by atoms with van der Waals surface area (Å²) < 4.78 is 5.65. The smallest absolute Gasteiger partial charge is 0.257 e. The number of nitrogens with one attached hydrogen (secondary N) is 1. The lowest BCUT2D eigenvalue weighted by Gasteiger charge is -2.10. The second-order valence-electron chi connectivity index (χ2n) is 4.58. The summed E-state index contributed by atoms with van der Waals surface area (Å²) in [5.41, 5.74) is 1.51. The van der Waals surface area contributed by atoms with Crippen LogP contribution in [0.25, 0.3) is 11.1 Å². The predicted molar refractivity (Wildman–Crippen MR) is 87.2 cm³/mol. The van der Waals surface area contributed by atoms with E-state index in [9.17, 15) is 4.79 Å². The number of para-hydroxylation sites is 2. The van der Waals surface area contributed by atoms with Crippen LogP contribution in [-0.4, -0.2) is 26.3 Å². The maximum absolute atomic E-state index is 12.3. The van der Waals surface area contributed by atoms with Crippen molar-refractivity contribution in [3.63, 3.8) is 0 Å². The molecular weight excluding hydrogens is 320 g/mol. The van der Waals surface area contributed by atoms with Gasteiger partial charge in [0.15, 0.2) is 5.58 Å². The van der Waals surface area contributed by atoms with E-state index in [0.717, 1.165) is 16.1 Å². The van der Waals surface area contributed by atoms with E-state index in [1.165, 1.54) is 23.1 Å². The highest BCUT2D eigenvalue weighted by Gasteiger charge is 2.22. The molecule has 6 nitrogen and oxygen atoms in total. The quantitative estimate of drug-likeness (QED) is 0.719. The number of carbonyl (C=O) groups excluding carboxylic acids is 1. The molecule has 2 aromatic heterocycles. The third-order valence-corrected chi connectivity index (χ3v) is 4.90. The zero-order chi connectivity index (χ0) is 15.5. The van der Waals surface area contributed by atoms with Crippen molar-refractivity contribution in [1.82, 2.24) is 15.2 Å². The lowest BCUT2D eigenvalue weighted by Crippen LogP contribution is -2.24. The molecule has 3 rings (SSSR count). The fourth-order valence-corrected chi connectivity index (χ4v) is 3.34. The Labute approximate surface area is 135 Å². The average Bonchev–Trinajstić information content (AvgIpc) is 3.10. The molecule has 2 heterocycles. The van der Waals surface area contributed by atoms with Crippen molar-refractivity contribution in [2.24, 2.45) is 0 Å². The standard InChI is InChI=1S/C14H14N4O2S2/c1-3-11(12(19)16-13-18-17-8(2)21-13)22-14-15-9-6-4-5-7-10(9)20-14/h4-7,11H,3H2,1-2H3,(H,16,18,19)/t11-/m1/s1. The number of rotatable bonds is 5. The number of hydrogen-bond acceptors (Lipinski definition) is 7. The van der Waals surface area contributed by atoms with Crippen molar-refractivity contribution in [3.8, 4) is 0 Å². The number of fused-ring (bicyclic) bond motifs is 1. The van der Waals surface area contributed by atoms with Gasteiger partial charge in [-0.05, 0) is 25.5 Å². The van der Waals surface area contributed by atoms with Crippen LogP contribution in [0.4, 0.5) is 5.13 Å². The van der Waals surface area contributed by atoms with Gasteiger partial charge >= 0.3 is 0 Å². The second-order valence-corrected chi connectivity index (χ2v) is 6.91. The Morgan fingerprint density at radius 1 is 1.41 bits per heavy atom. The first-order chi connectivity index (χ1) is 10.7. The molecule has 1 aromatic carbocycles. The number of aryl methyl sites for hydroxylation is 1. The van der Waals surface area contributed by atoms with Crippen molar-refractivity contribution < 1.29 is 9.21 Å². The summed E-state index contributed by atoms with van der Waals surface area (Å²) in [6, 6.07) is 7.54. The molecule has 1 atom stereocenters. The predicted octanol–water partition coefficient (Wildman–Crippen LogP) is 3.50.